The van der Waals surface area contributed by atoms with E-state index in [2.05, 4.69) is 4.98 Å². The zero-order valence-corrected chi connectivity index (χ0v) is 19.9. The zero-order valence-electron chi connectivity index (χ0n) is 15.1. The standard InChI is InChI=1S/C15H14N2O7S.2Na/c1-15(2)10(14(21)22)17-11(18)9(12(17)25(15,23)24)8(13(19)20)7-5-3-4-6-16-7;;/h3-6,10,12H,1-2H3,(H,19,20)(H,21,22);;/q;2*+1/p-2/b9-8+;;/t10-,12+;;/m0../s1. The number of carbonyl (C=O) groups is 3. The van der Waals surface area contributed by atoms with E-state index in [1.54, 1.807) is 0 Å². The summed E-state index contributed by atoms with van der Waals surface area (Å²) in [5, 5.41) is 21.3. The van der Waals surface area contributed by atoms with E-state index in [4.69, 9.17) is 0 Å². The molecule has 2 saturated heterocycles. The first-order valence-corrected chi connectivity index (χ1v) is 8.72. The van der Waals surface area contributed by atoms with Crippen molar-refractivity contribution in [3.8, 4) is 0 Å². The van der Waals surface area contributed by atoms with Crippen LogP contribution in [0.15, 0.2) is 30.0 Å². The Morgan fingerprint density at radius 1 is 1.19 bits per heavy atom. The molecule has 2 aliphatic rings. The monoisotopic (exact) mass is 410 g/mol. The molecule has 0 spiro atoms. The van der Waals surface area contributed by atoms with Crippen LogP contribution in [0, 0.1) is 0 Å². The van der Waals surface area contributed by atoms with Crippen molar-refractivity contribution >= 4 is 33.3 Å². The number of nitrogens with zero attached hydrogens (tertiary/aromatic N) is 2. The van der Waals surface area contributed by atoms with Crippen molar-refractivity contribution in [2.75, 3.05) is 0 Å². The maximum Gasteiger partial charge on any atom is 1.00 e. The summed E-state index contributed by atoms with van der Waals surface area (Å²) in [6.45, 7) is 2.32. The summed E-state index contributed by atoms with van der Waals surface area (Å²) >= 11 is 0. The minimum absolute atomic E-state index is 0. The molecule has 132 valence electrons. The number of carboxylic acid groups (broad SMARTS) is 2. The fraction of sp³-hybridized carbons (Fsp3) is 0.333. The molecule has 1 aromatic heterocycles. The van der Waals surface area contributed by atoms with Crippen LogP contribution in [0.25, 0.3) is 5.57 Å². The second kappa shape index (κ2) is 7.94. The van der Waals surface area contributed by atoms with Crippen LogP contribution in [-0.2, 0) is 24.2 Å². The molecule has 1 aromatic rings. The van der Waals surface area contributed by atoms with Gasteiger partial charge in [0.2, 0.25) is 0 Å². The quantitative estimate of drug-likeness (QED) is 0.271. The second-order valence-electron chi connectivity index (χ2n) is 6.23. The molecule has 0 radical (unpaired) electrons. The smallest absolute Gasteiger partial charge is 0.548 e. The summed E-state index contributed by atoms with van der Waals surface area (Å²) in [5.74, 6) is -4.50. The van der Waals surface area contributed by atoms with E-state index in [0.717, 1.165) is 13.8 Å². The maximum atomic E-state index is 12.8. The second-order valence-corrected chi connectivity index (χ2v) is 8.81. The van der Waals surface area contributed by atoms with Gasteiger partial charge in [-0.2, -0.15) is 0 Å². The van der Waals surface area contributed by atoms with E-state index in [1.165, 1.54) is 24.4 Å². The Kier molecular flexibility index (Phi) is 7.14. The zero-order chi connectivity index (χ0) is 18.7. The van der Waals surface area contributed by atoms with Gasteiger partial charge in [-0.3, -0.25) is 9.78 Å². The van der Waals surface area contributed by atoms with Gasteiger partial charge in [0.15, 0.2) is 15.2 Å². The normalized spacial score (nSPS) is 26.0. The molecule has 0 bridgehead atoms. The van der Waals surface area contributed by atoms with Gasteiger partial charge in [-0.25, -0.2) is 8.42 Å². The number of pyridine rings is 1. The number of hydrogen-bond acceptors (Lipinski definition) is 8. The van der Waals surface area contributed by atoms with Crippen molar-refractivity contribution in [1.82, 2.24) is 9.88 Å². The molecule has 9 nitrogen and oxygen atoms in total. The molecular formula is C15H12N2Na2O7S. The average molecular weight is 410 g/mol. The maximum absolute atomic E-state index is 12.8. The van der Waals surface area contributed by atoms with Crippen LogP contribution in [0.5, 0.6) is 0 Å². The summed E-state index contributed by atoms with van der Waals surface area (Å²) in [7, 11) is -4.22. The molecule has 0 saturated carbocycles. The van der Waals surface area contributed by atoms with Crippen molar-refractivity contribution in [3.63, 3.8) is 0 Å². The van der Waals surface area contributed by atoms with Gasteiger partial charge in [-0.15, -0.1) is 0 Å². The van der Waals surface area contributed by atoms with Crippen LogP contribution >= 0.6 is 0 Å². The molecule has 2 atom stereocenters. The van der Waals surface area contributed by atoms with Gasteiger partial charge < -0.3 is 24.7 Å². The predicted octanol–water partition coefficient (Wildman–Crippen LogP) is -8.91. The Morgan fingerprint density at radius 2 is 1.78 bits per heavy atom. The Hall–Kier alpha value is -0.750. The SMILES string of the molecule is CC1(C)[C@H](C(=O)[O-])N2C(=O)/C(=C(\C(=O)[O-])c3ccccn3)[C@H]2S1(=O)=O.[Na+].[Na+]. The van der Waals surface area contributed by atoms with E-state index in [9.17, 15) is 33.0 Å². The third kappa shape index (κ3) is 3.31. The Labute approximate surface area is 199 Å². The minimum atomic E-state index is -4.22. The summed E-state index contributed by atoms with van der Waals surface area (Å²) in [5.41, 5.74) is -1.35. The number of carboxylic acids is 2. The first kappa shape index (κ1) is 24.3. The summed E-state index contributed by atoms with van der Waals surface area (Å²) in [6.07, 6.45) is 1.27. The van der Waals surface area contributed by atoms with E-state index in [0.29, 0.717) is 4.90 Å². The van der Waals surface area contributed by atoms with Crippen molar-refractivity contribution in [1.29, 1.82) is 0 Å². The largest absolute Gasteiger partial charge is 1.00 e. The molecule has 3 rings (SSSR count). The van der Waals surface area contributed by atoms with E-state index in [-0.39, 0.29) is 64.8 Å². The van der Waals surface area contributed by atoms with Gasteiger partial charge in [0, 0.05) is 11.8 Å². The number of fused-ring (bicyclic) bond motifs is 1. The van der Waals surface area contributed by atoms with Crippen LogP contribution in [0.3, 0.4) is 0 Å². The van der Waals surface area contributed by atoms with Gasteiger partial charge >= 0.3 is 59.1 Å². The van der Waals surface area contributed by atoms with Crippen LogP contribution < -0.4 is 69.3 Å². The molecule has 1 amide bonds. The number of hydrogen-bond donors (Lipinski definition) is 0. The van der Waals surface area contributed by atoms with Crippen molar-refractivity contribution in [2.24, 2.45) is 0 Å². The molecule has 0 N–H and O–H groups in total. The predicted molar refractivity (Wildman–Crippen MR) is 78.6 cm³/mol. The number of carbonyl (C=O) groups excluding carboxylic acids is 3. The molecule has 2 aliphatic heterocycles. The summed E-state index contributed by atoms with van der Waals surface area (Å²) in [6, 6.07) is 2.55. The van der Waals surface area contributed by atoms with Crippen LogP contribution in [0.4, 0.5) is 0 Å². The first-order valence-electron chi connectivity index (χ1n) is 7.17. The molecule has 2 fully saturated rings. The van der Waals surface area contributed by atoms with E-state index < -0.39 is 55.0 Å². The average Bonchev–Trinajstić information content (AvgIpc) is 2.66. The Balaban J connectivity index is 0.00000182. The molecule has 3 heterocycles. The van der Waals surface area contributed by atoms with Gasteiger partial charge in [0.05, 0.1) is 34.0 Å². The topological polar surface area (TPSA) is 148 Å². The number of rotatable bonds is 3. The van der Waals surface area contributed by atoms with Gasteiger partial charge in [0.1, 0.15) is 0 Å². The summed E-state index contributed by atoms with van der Waals surface area (Å²) < 4.78 is 23.7. The molecule has 0 unspecified atom stereocenters. The Morgan fingerprint density at radius 3 is 2.22 bits per heavy atom. The number of β-lactam (4-membered cyclic amide) rings is 1. The fourth-order valence-electron chi connectivity index (χ4n) is 3.25. The molecule has 0 aromatic carbocycles. The number of amides is 1. The fourth-order valence-corrected chi connectivity index (χ4v) is 5.39. The van der Waals surface area contributed by atoms with Gasteiger partial charge in [-0.1, -0.05) is 6.07 Å². The van der Waals surface area contributed by atoms with E-state index >= 15 is 0 Å². The molecular weight excluding hydrogens is 398 g/mol. The minimum Gasteiger partial charge on any atom is -0.548 e. The number of aromatic nitrogens is 1. The number of sulfone groups is 1. The van der Waals surface area contributed by atoms with Crippen LogP contribution in [0.2, 0.25) is 0 Å². The van der Waals surface area contributed by atoms with Crippen molar-refractivity contribution in [2.45, 2.75) is 30.0 Å². The van der Waals surface area contributed by atoms with Gasteiger partial charge in [-0.05, 0) is 26.0 Å². The number of aliphatic carboxylic acids is 2. The third-order valence-corrected chi connectivity index (χ3v) is 7.29. The van der Waals surface area contributed by atoms with E-state index in [1.807, 2.05) is 0 Å². The van der Waals surface area contributed by atoms with Crippen molar-refractivity contribution < 1.29 is 92.1 Å². The first-order chi connectivity index (χ1) is 11.5. The summed E-state index contributed by atoms with van der Waals surface area (Å²) in [4.78, 5) is 39.8. The van der Waals surface area contributed by atoms with Gasteiger partial charge in [0.25, 0.3) is 5.91 Å². The Bertz CT molecular complexity index is 944. The molecule has 27 heavy (non-hydrogen) atoms. The molecule has 12 heteroatoms. The molecule has 0 aliphatic carbocycles. The van der Waals surface area contributed by atoms with Crippen LogP contribution in [-0.4, -0.2) is 52.3 Å². The van der Waals surface area contributed by atoms with Crippen molar-refractivity contribution in [3.05, 3.63) is 35.7 Å². The third-order valence-electron chi connectivity index (χ3n) is 4.55. The van der Waals surface area contributed by atoms with Crippen LogP contribution in [0.1, 0.15) is 19.5 Å².